The normalized spacial score (nSPS) is 11.6. The molecule has 7 aromatic carbocycles. The number of nitrogens with zero attached hydrogens (tertiary/aromatic N) is 2. The highest BCUT2D eigenvalue weighted by molar-refractivity contribution is 6.58. The van der Waals surface area contributed by atoms with Crippen molar-refractivity contribution < 1.29 is 20.1 Å². The molecule has 0 amide bonds. The summed E-state index contributed by atoms with van der Waals surface area (Å²) in [5, 5.41) is 46.0. The molecule has 0 spiro atoms. The predicted molar refractivity (Wildman–Crippen MR) is 213 cm³/mol. The van der Waals surface area contributed by atoms with Crippen molar-refractivity contribution >= 4 is 63.2 Å². The Morgan fingerprint density at radius 1 is 0.412 bits per heavy atom. The third kappa shape index (κ3) is 8.28. The van der Waals surface area contributed by atoms with E-state index in [1.54, 1.807) is 24.3 Å². The monoisotopic (exact) mass is 674 g/mol. The molecular formula is C43H44B2N2O4. The van der Waals surface area contributed by atoms with E-state index in [1.807, 2.05) is 30.3 Å². The minimum Gasteiger partial charge on any atom is -0.423 e. The van der Waals surface area contributed by atoms with Crippen LogP contribution in [0.4, 0.5) is 5.69 Å². The largest absolute Gasteiger partial charge is 0.488 e. The van der Waals surface area contributed by atoms with E-state index in [1.165, 1.54) is 43.6 Å². The van der Waals surface area contributed by atoms with Crippen molar-refractivity contribution in [1.29, 1.82) is 0 Å². The average molecular weight is 674 g/mol. The SMILES string of the molecule is OB(O)c1ccc(CN(CCCCCCN(Cc2ccc(B(O)O)cc2)c2ccc3ccc4cccc5ccc2c3c45)Cc2ccccc2)cc1. The minimum absolute atomic E-state index is 0.496. The molecule has 0 aliphatic carbocycles. The van der Waals surface area contributed by atoms with Gasteiger partial charge in [0.25, 0.3) is 0 Å². The van der Waals surface area contributed by atoms with Crippen LogP contribution in [0.25, 0.3) is 32.3 Å². The Hall–Kier alpha value is -4.69. The molecule has 0 aliphatic heterocycles. The molecule has 0 heterocycles. The van der Waals surface area contributed by atoms with Gasteiger partial charge in [-0.2, -0.15) is 0 Å². The first-order chi connectivity index (χ1) is 24.9. The van der Waals surface area contributed by atoms with Crippen molar-refractivity contribution in [2.45, 2.75) is 45.3 Å². The molecule has 7 rings (SSSR count). The van der Waals surface area contributed by atoms with E-state index < -0.39 is 14.2 Å². The van der Waals surface area contributed by atoms with Crippen molar-refractivity contribution in [2.24, 2.45) is 0 Å². The Morgan fingerprint density at radius 2 is 0.922 bits per heavy atom. The first-order valence-corrected chi connectivity index (χ1v) is 18.0. The van der Waals surface area contributed by atoms with Crippen molar-refractivity contribution in [3.05, 3.63) is 150 Å². The van der Waals surface area contributed by atoms with Crippen LogP contribution in [0.1, 0.15) is 42.4 Å². The van der Waals surface area contributed by atoms with E-state index in [-0.39, 0.29) is 0 Å². The number of anilines is 1. The maximum Gasteiger partial charge on any atom is 0.488 e. The van der Waals surface area contributed by atoms with Crippen molar-refractivity contribution in [3.63, 3.8) is 0 Å². The van der Waals surface area contributed by atoms with Crippen LogP contribution in [-0.2, 0) is 19.6 Å². The fourth-order valence-corrected chi connectivity index (χ4v) is 7.40. The second-order valence-corrected chi connectivity index (χ2v) is 13.7. The Morgan fingerprint density at radius 3 is 1.53 bits per heavy atom. The first-order valence-electron chi connectivity index (χ1n) is 18.0. The highest BCUT2D eigenvalue weighted by Crippen LogP contribution is 2.39. The van der Waals surface area contributed by atoms with E-state index in [0.29, 0.717) is 10.9 Å². The lowest BCUT2D eigenvalue weighted by Crippen LogP contribution is -2.30. The zero-order valence-electron chi connectivity index (χ0n) is 28.9. The lowest BCUT2D eigenvalue weighted by atomic mass is 9.80. The molecule has 0 saturated carbocycles. The minimum atomic E-state index is -1.47. The second kappa shape index (κ2) is 16.1. The summed E-state index contributed by atoms with van der Waals surface area (Å²) in [4.78, 5) is 4.97. The van der Waals surface area contributed by atoms with E-state index >= 15 is 0 Å². The van der Waals surface area contributed by atoms with Crippen LogP contribution in [-0.4, -0.2) is 52.3 Å². The average Bonchev–Trinajstić information content (AvgIpc) is 3.15. The van der Waals surface area contributed by atoms with Crippen molar-refractivity contribution in [1.82, 2.24) is 4.90 Å². The number of hydrogen-bond donors (Lipinski definition) is 4. The Kier molecular flexibility index (Phi) is 11.0. The van der Waals surface area contributed by atoms with Gasteiger partial charge in [-0.05, 0) is 80.0 Å². The molecule has 4 N–H and O–H groups in total. The summed E-state index contributed by atoms with van der Waals surface area (Å²) >= 11 is 0. The second-order valence-electron chi connectivity index (χ2n) is 13.7. The Labute approximate surface area is 300 Å². The summed E-state index contributed by atoms with van der Waals surface area (Å²) in [5.74, 6) is 0. The van der Waals surface area contributed by atoms with Crippen LogP contribution < -0.4 is 15.8 Å². The molecule has 0 bridgehead atoms. The Balaban J connectivity index is 1.05. The molecule has 256 valence electrons. The van der Waals surface area contributed by atoms with Gasteiger partial charge in [-0.1, -0.05) is 140 Å². The molecule has 8 heteroatoms. The molecule has 6 nitrogen and oxygen atoms in total. The zero-order valence-corrected chi connectivity index (χ0v) is 28.9. The predicted octanol–water partition coefficient (Wildman–Crippen LogP) is 6.21. The number of unbranched alkanes of at least 4 members (excludes halogenated alkanes) is 3. The molecule has 0 fully saturated rings. The van der Waals surface area contributed by atoms with Crippen LogP contribution in [0.15, 0.2) is 133 Å². The Bertz CT molecular complexity index is 2140. The van der Waals surface area contributed by atoms with Gasteiger partial charge in [0.05, 0.1) is 0 Å². The van der Waals surface area contributed by atoms with E-state index in [4.69, 9.17) is 0 Å². The van der Waals surface area contributed by atoms with Crippen LogP contribution in [0, 0.1) is 0 Å². The fraction of sp³-hybridized carbons (Fsp3) is 0.209. The van der Waals surface area contributed by atoms with Crippen LogP contribution in [0.5, 0.6) is 0 Å². The van der Waals surface area contributed by atoms with Crippen LogP contribution in [0.2, 0.25) is 0 Å². The van der Waals surface area contributed by atoms with Gasteiger partial charge in [-0.25, -0.2) is 0 Å². The molecule has 0 aliphatic rings. The standard InChI is InChI=1S/C43H44B2N2O4/c48-44(49)38-21-13-33(14-22-38)30-46(29-32-9-4-3-5-10-32)27-6-1-2-7-28-47(31-34-15-23-39(24-16-34)45(50)51)41-26-20-37-18-17-35-11-8-12-36-19-25-40(41)43(37)42(35)36/h3-5,8-26,48-51H,1-2,6-7,27-31H2. The molecular weight excluding hydrogens is 630 g/mol. The van der Waals surface area contributed by atoms with Gasteiger partial charge in [0.1, 0.15) is 0 Å². The lowest BCUT2D eigenvalue weighted by molar-refractivity contribution is 0.250. The number of benzene rings is 7. The molecule has 0 atom stereocenters. The van der Waals surface area contributed by atoms with Crippen LogP contribution in [0.3, 0.4) is 0 Å². The summed E-state index contributed by atoms with van der Waals surface area (Å²) in [6, 6.07) is 45.7. The fourth-order valence-electron chi connectivity index (χ4n) is 7.40. The molecule has 7 aromatic rings. The number of hydrogen-bond acceptors (Lipinski definition) is 6. The molecule has 0 radical (unpaired) electrons. The summed E-state index contributed by atoms with van der Waals surface area (Å²) in [7, 11) is -2.93. The van der Waals surface area contributed by atoms with Gasteiger partial charge in [-0.3, -0.25) is 4.90 Å². The van der Waals surface area contributed by atoms with E-state index in [0.717, 1.165) is 69.5 Å². The first kappa shape index (κ1) is 34.7. The van der Waals surface area contributed by atoms with Crippen LogP contribution >= 0.6 is 0 Å². The summed E-state index contributed by atoms with van der Waals surface area (Å²) in [5.41, 5.74) is 5.79. The summed E-state index contributed by atoms with van der Waals surface area (Å²) in [6.45, 7) is 4.26. The van der Waals surface area contributed by atoms with Gasteiger partial charge in [0.2, 0.25) is 0 Å². The number of rotatable bonds is 16. The van der Waals surface area contributed by atoms with Gasteiger partial charge in [0, 0.05) is 37.3 Å². The lowest BCUT2D eigenvalue weighted by Gasteiger charge is -2.28. The molecule has 51 heavy (non-hydrogen) atoms. The van der Waals surface area contributed by atoms with Gasteiger partial charge in [-0.15, -0.1) is 0 Å². The van der Waals surface area contributed by atoms with Crippen molar-refractivity contribution in [2.75, 3.05) is 18.0 Å². The summed E-state index contributed by atoms with van der Waals surface area (Å²) in [6.07, 6.45) is 4.37. The van der Waals surface area contributed by atoms with Crippen molar-refractivity contribution in [3.8, 4) is 0 Å². The van der Waals surface area contributed by atoms with E-state index in [9.17, 15) is 20.1 Å². The summed E-state index contributed by atoms with van der Waals surface area (Å²) < 4.78 is 0. The quantitative estimate of drug-likeness (QED) is 0.0554. The smallest absolute Gasteiger partial charge is 0.423 e. The molecule has 0 unspecified atom stereocenters. The maximum absolute atomic E-state index is 9.65. The third-order valence-electron chi connectivity index (χ3n) is 10.1. The van der Waals surface area contributed by atoms with Gasteiger partial charge < -0.3 is 25.0 Å². The maximum atomic E-state index is 9.65. The van der Waals surface area contributed by atoms with Gasteiger partial charge in [0.15, 0.2) is 0 Å². The highest BCUT2D eigenvalue weighted by atomic mass is 16.4. The van der Waals surface area contributed by atoms with E-state index in [2.05, 4.69) is 88.7 Å². The van der Waals surface area contributed by atoms with Gasteiger partial charge >= 0.3 is 14.2 Å². The third-order valence-corrected chi connectivity index (χ3v) is 10.1. The molecule has 0 saturated heterocycles. The topological polar surface area (TPSA) is 87.4 Å². The zero-order chi connectivity index (χ0) is 35.2. The molecule has 0 aromatic heterocycles. The highest BCUT2D eigenvalue weighted by Gasteiger charge is 2.17.